The number of nitrogen functional groups attached to an aromatic ring is 1. The van der Waals surface area contributed by atoms with Crippen molar-refractivity contribution in [1.82, 2.24) is 35.7 Å². The van der Waals surface area contributed by atoms with Crippen LogP contribution in [0.4, 0.5) is 10.3 Å². The molecule has 0 bridgehead atoms. The number of nitrogens with two attached hydrogens (primary N) is 1. The zero-order valence-electron chi connectivity index (χ0n) is 47.7. The number of rotatable bonds is 16. The molecule has 9 N–H and O–H groups in total. The molecule has 22 heteroatoms. The normalized spacial score (nSPS) is 39.0. The fourth-order valence-corrected chi connectivity index (χ4v) is 12.0. The van der Waals surface area contributed by atoms with Gasteiger partial charge in [0.25, 0.3) is 0 Å². The van der Waals surface area contributed by atoms with Gasteiger partial charge in [-0.15, -0.1) is 5.53 Å². The number of methoxy groups -OCH3 is 2. The van der Waals surface area contributed by atoms with Crippen LogP contribution in [0.1, 0.15) is 113 Å². The molecule has 77 heavy (non-hydrogen) atoms. The van der Waals surface area contributed by atoms with E-state index in [0.717, 1.165) is 22.4 Å². The van der Waals surface area contributed by atoms with Crippen LogP contribution >= 0.6 is 0 Å². The number of aliphatic hydroxyl groups is 5. The van der Waals surface area contributed by atoms with E-state index in [2.05, 4.69) is 20.9 Å². The summed E-state index contributed by atoms with van der Waals surface area (Å²) in [4.78, 5) is 26.6. The quantitative estimate of drug-likeness (QED) is 0.112. The highest BCUT2D eigenvalue weighted by Crippen LogP contribution is 2.41. The second-order valence-corrected chi connectivity index (χ2v) is 23.1. The van der Waals surface area contributed by atoms with Crippen LogP contribution in [0.3, 0.4) is 0 Å². The molecule has 0 saturated carbocycles. The molecule has 0 aliphatic carbocycles. The van der Waals surface area contributed by atoms with E-state index in [1.54, 1.807) is 73.0 Å². The van der Waals surface area contributed by atoms with Crippen LogP contribution in [-0.2, 0) is 38.0 Å². The average molecular weight is 1090 g/mol. The Kier molecular flexibility index (Phi) is 21.3. The van der Waals surface area contributed by atoms with E-state index in [1.165, 1.54) is 14.0 Å². The number of hydrazine groups is 2. The van der Waals surface area contributed by atoms with E-state index in [-0.39, 0.29) is 31.1 Å². The van der Waals surface area contributed by atoms with Gasteiger partial charge in [0.2, 0.25) is 5.95 Å². The van der Waals surface area contributed by atoms with Crippen LogP contribution in [0.15, 0.2) is 48.6 Å². The number of carbonyl (C=O) groups excluding carboxylic acids is 1. The molecule has 0 unspecified atom stereocenters. The Hall–Kier alpha value is -3.72. The number of nitrogens with zero attached hydrogens (tertiary/aromatic N) is 5. The monoisotopic (exact) mass is 1090 g/mol. The van der Waals surface area contributed by atoms with Crippen molar-refractivity contribution in [2.45, 2.75) is 204 Å². The molecule has 3 saturated heterocycles. The standard InChI is InChI=1S/C55H91FN8O13/c1-15-42-55(10,70)47(66)34(6)63(12)28-30(2)23-53(8,69)49(32(4)45(33(5)50(68)75-42)76-43-24-54(9,72-14)48(67)35(7)74-43)77-51-44(65)40(22-31(3)73-51)62(11)21-20-39-29-64(61-60-39)41(25-56)46(71-13)37-18-16-36(17-19-37)38-26-58-52(57)59-27-38/h16-19,26-27,29-35,40-49,51,60-61,65-67,69-70H,15,20-25,28H2,1-14H3,(H2,57,58,59)/t30-,31-,32+,33-,34-,35+,40+,41-,42-,43+,44-,45+,46-,47-,48+,49-,51+,53-,54-,55-/m1/s1. The predicted molar refractivity (Wildman–Crippen MR) is 285 cm³/mol. The van der Waals surface area contributed by atoms with Crippen LogP contribution in [0.2, 0.25) is 0 Å². The van der Waals surface area contributed by atoms with Gasteiger partial charge in [-0.3, -0.25) is 9.80 Å². The first kappa shape index (κ1) is 62.5. The number of nitrogens with one attached hydrogen (secondary N) is 2. The lowest BCUT2D eigenvalue weighted by Gasteiger charge is -2.49. The molecule has 4 aliphatic rings. The number of cyclic esters (lactones) is 1. The fourth-order valence-electron chi connectivity index (χ4n) is 12.0. The van der Waals surface area contributed by atoms with Crippen molar-refractivity contribution >= 4 is 11.9 Å². The molecule has 1 aromatic heterocycles. The summed E-state index contributed by atoms with van der Waals surface area (Å²) in [6.45, 7) is 17.6. The van der Waals surface area contributed by atoms with Crippen molar-refractivity contribution in [2.24, 2.45) is 17.8 Å². The molecular weight excluding hydrogens is 1000 g/mol. The molecule has 436 valence electrons. The van der Waals surface area contributed by atoms with Crippen molar-refractivity contribution in [3.05, 3.63) is 54.1 Å². The molecular formula is C55H91FN8O13. The number of likely N-dealkylation sites (N-methyl/N-ethyl adjacent to an activating group) is 2. The molecule has 20 atom stereocenters. The van der Waals surface area contributed by atoms with Gasteiger partial charge in [0.15, 0.2) is 12.6 Å². The zero-order valence-corrected chi connectivity index (χ0v) is 47.7. The number of hydrogen-bond acceptors (Lipinski definition) is 21. The largest absolute Gasteiger partial charge is 0.459 e. The highest BCUT2D eigenvalue weighted by Gasteiger charge is 2.53. The molecule has 4 aliphatic heterocycles. The minimum Gasteiger partial charge on any atom is -0.459 e. The molecule has 0 radical (unpaired) electrons. The maximum Gasteiger partial charge on any atom is 0.311 e. The van der Waals surface area contributed by atoms with Gasteiger partial charge in [-0.25, -0.2) is 14.4 Å². The van der Waals surface area contributed by atoms with Crippen molar-refractivity contribution in [3.8, 4) is 11.1 Å². The number of esters is 1. The summed E-state index contributed by atoms with van der Waals surface area (Å²) >= 11 is 0. The van der Waals surface area contributed by atoms with E-state index in [1.807, 2.05) is 68.2 Å². The van der Waals surface area contributed by atoms with E-state index in [4.69, 9.17) is 38.9 Å². The summed E-state index contributed by atoms with van der Waals surface area (Å²) in [7, 11) is 6.77. The molecule has 5 heterocycles. The number of alkyl halides is 1. The van der Waals surface area contributed by atoms with E-state index < -0.39 is 127 Å². The summed E-state index contributed by atoms with van der Waals surface area (Å²) in [6.07, 6.45) is -4.50. The first-order chi connectivity index (χ1) is 36.2. The maximum absolute atomic E-state index is 15.0. The molecule has 0 amide bonds. The van der Waals surface area contributed by atoms with Gasteiger partial charge in [0.1, 0.15) is 48.8 Å². The lowest BCUT2D eigenvalue weighted by atomic mass is 9.77. The molecule has 21 nitrogen and oxygen atoms in total. The summed E-state index contributed by atoms with van der Waals surface area (Å²) in [5, 5.41) is 61.6. The van der Waals surface area contributed by atoms with Gasteiger partial charge >= 0.3 is 5.97 Å². The van der Waals surface area contributed by atoms with Gasteiger partial charge in [0, 0.05) is 88.0 Å². The summed E-state index contributed by atoms with van der Waals surface area (Å²) in [5.74, 6) is -2.70. The van der Waals surface area contributed by atoms with Gasteiger partial charge in [-0.1, -0.05) is 45.0 Å². The lowest BCUT2D eigenvalue weighted by Crippen LogP contribution is -2.61. The highest BCUT2D eigenvalue weighted by atomic mass is 19.1. The van der Waals surface area contributed by atoms with Gasteiger partial charge < -0.3 is 79.6 Å². The number of hydrogen-bond donors (Lipinski definition) is 8. The molecule has 6 rings (SSSR count). The summed E-state index contributed by atoms with van der Waals surface area (Å²) in [5.41, 5.74) is 10.5. The summed E-state index contributed by atoms with van der Waals surface area (Å²) < 4.78 is 59.2. The number of halogens is 1. The third kappa shape index (κ3) is 14.4. The fraction of sp³-hybridized carbons (Fsp3) is 0.764. The Morgan fingerprint density at radius 2 is 1.62 bits per heavy atom. The van der Waals surface area contributed by atoms with E-state index >= 15 is 0 Å². The van der Waals surface area contributed by atoms with Crippen LogP contribution in [0.25, 0.3) is 11.1 Å². The smallest absolute Gasteiger partial charge is 0.311 e. The first-order valence-electron chi connectivity index (χ1n) is 27.2. The number of aromatic nitrogens is 2. The Morgan fingerprint density at radius 1 is 0.961 bits per heavy atom. The minimum atomic E-state index is -1.85. The minimum absolute atomic E-state index is 0.0834. The molecule has 2 aromatic rings. The third-order valence-electron chi connectivity index (χ3n) is 16.8. The predicted octanol–water partition coefficient (Wildman–Crippen LogP) is 3.59. The topological polar surface area (TPSA) is 268 Å². The second-order valence-electron chi connectivity index (χ2n) is 23.1. The van der Waals surface area contributed by atoms with Crippen molar-refractivity contribution < 1.29 is 67.9 Å². The van der Waals surface area contributed by atoms with Crippen molar-refractivity contribution in [3.63, 3.8) is 0 Å². The van der Waals surface area contributed by atoms with E-state index in [9.17, 15) is 34.7 Å². The lowest BCUT2D eigenvalue weighted by molar-refractivity contribution is -0.318. The molecule has 1 aromatic carbocycles. The number of anilines is 1. The highest BCUT2D eigenvalue weighted by molar-refractivity contribution is 5.73. The molecule has 3 fully saturated rings. The number of carbonyl (C=O) groups is 1. The van der Waals surface area contributed by atoms with E-state index in [0.29, 0.717) is 25.9 Å². The maximum atomic E-state index is 15.0. The van der Waals surface area contributed by atoms with Crippen LogP contribution in [-0.4, -0.2) is 201 Å². The Bertz CT molecular complexity index is 2220. The van der Waals surface area contributed by atoms with Gasteiger partial charge in [-0.05, 0) is 98.9 Å². The molecule has 0 spiro atoms. The first-order valence-corrected chi connectivity index (χ1v) is 27.2. The van der Waals surface area contributed by atoms with Crippen molar-refractivity contribution in [2.75, 3.05) is 53.8 Å². The average Bonchev–Trinajstić information content (AvgIpc) is 3.87. The Labute approximate surface area is 454 Å². The zero-order chi connectivity index (χ0) is 56.9. The Balaban J connectivity index is 1.24. The summed E-state index contributed by atoms with van der Waals surface area (Å²) in [6, 6.07) is 5.76. The SMILES string of the molecule is CC[C@H]1OC(=O)[C@H](C)[C@@H](O[C@H]2C[C@@](C)(OC)[C@@H](O)[C@H](C)O2)[C@H](C)[C@@H](O[C@@H]2O[C@H](C)C[C@H](N(C)CCC3=CN([C@H](CF)[C@H](OC)c4ccc(-c5cnc(N)nc5)cc4)NN3)[C@H]2O)[C@](C)(O)C[C@@H](C)CN(C)[C@H](C)[C@@H](O)[C@]1(C)O. The van der Waals surface area contributed by atoms with Crippen LogP contribution in [0, 0.1) is 17.8 Å². The number of aliphatic hydroxyl groups excluding tert-OH is 3. The Morgan fingerprint density at radius 3 is 2.23 bits per heavy atom. The second kappa shape index (κ2) is 26.3. The third-order valence-corrected chi connectivity index (χ3v) is 16.8. The van der Waals surface area contributed by atoms with Crippen LogP contribution < -0.4 is 16.7 Å². The van der Waals surface area contributed by atoms with Crippen molar-refractivity contribution in [1.29, 1.82) is 0 Å². The van der Waals surface area contributed by atoms with Gasteiger partial charge in [-0.2, -0.15) is 0 Å². The number of benzene rings is 1. The van der Waals surface area contributed by atoms with Crippen LogP contribution in [0.5, 0.6) is 0 Å². The van der Waals surface area contributed by atoms with Gasteiger partial charge in [0.05, 0.1) is 41.5 Å². The number of ether oxygens (including phenoxy) is 7.